The Balaban J connectivity index is 3.27. The molecule has 1 unspecified atom stereocenters. The maximum Gasteiger partial charge on any atom is 0.395 e. The standard InChI is InChI=1S/C11H25NO6P2S/c1-12(8-9-21,10-6-4-2-3-5-7-10)11(19(13,14)15)20(16,17)18/h10-11H,2-9H2,1H3,(H4-,13,14,15,16,17,18,21)/p+1. The Morgan fingerprint density at radius 2 is 1.48 bits per heavy atom. The summed E-state index contributed by atoms with van der Waals surface area (Å²) in [5.74, 6) is 0.309. The van der Waals surface area contributed by atoms with Crippen molar-refractivity contribution in [2.24, 2.45) is 0 Å². The van der Waals surface area contributed by atoms with Crippen LogP contribution in [0, 0.1) is 0 Å². The smallest absolute Gasteiger partial charge is 0.320 e. The molecule has 0 bridgehead atoms. The van der Waals surface area contributed by atoms with Crippen molar-refractivity contribution in [2.45, 2.75) is 50.1 Å². The van der Waals surface area contributed by atoms with Crippen LogP contribution in [0.25, 0.3) is 0 Å². The molecule has 7 nitrogen and oxygen atoms in total. The number of nitrogens with zero attached hydrogens (tertiary/aromatic N) is 1. The lowest BCUT2D eigenvalue weighted by Gasteiger charge is -2.46. The normalized spacial score (nSPS) is 22.0. The van der Waals surface area contributed by atoms with Crippen molar-refractivity contribution in [3.8, 4) is 0 Å². The van der Waals surface area contributed by atoms with Gasteiger partial charge < -0.3 is 24.1 Å². The van der Waals surface area contributed by atoms with Crippen molar-refractivity contribution < 1.29 is 33.2 Å². The first-order chi connectivity index (χ1) is 9.53. The van der Waals surface area contributed by atoms with Crippen molar-refractivity contribution in [2.75, 3.05) is 19.3 Å². The molecule has 1 aliphatic rings. The molecule has 4 N–H and O–H groups in total. The van der Waals surface area contributed by atoms with Gasteiger partial charge in [0.1, 0.15) is 0 Å². The largest absolute Gasteiger partial charge is 0.395 e. The monoisotopic (exact) mass is 362 g/mol. The van der Waals surface area contributed by atoms with Crippen LogP contribution < -0.4 is 0 Å². The average Bonchev–Trinajstić information content (AvgIpc) is 2.53. The quantitative estimate of drug-likeness (QED) is 0.213. The molecular weight excluding hydrogens is 336 g/mol. The van der Waals surface area contributed by atoms with Gasteiger partial charge in [-0.05, 0) is 25.7 Å². The molecule has 0 heterocycles. The van der Waals surface area contributed by atoms with Crippen molar-refractivity contribution in [1.29, 1.82) is 0 Å². The van der Waals surface area contributed by atoms with Gasteiger partial charge in [-0.1, -0.05) is 12.8 Å². The van der Waals surface area contributed by atoms with Crippen LogP contribution in [-0.4, -0.2) is 55.0 Å². The summed E-state index contributed by atoms with van der Waals surface area (Å²) in [6, 6.07) is -0.162. The molecule has 21 heavy (non-hydrogen) atoms. The van der Waals surface area contributed by atoms with Crippen molar-refractivity contribution >= 4 is 27.8 Å². The molecule has 0 aromatic carbocycles. The van der Waals surface area contributed by atoms with E-state index in [-0.39, 0.29) is 17.1 Å². The lowest BCUT2D eigenvalue weighted by Crippen LogP contribution is -2.59. The second-order valence-electron chi connectivity index (χ2n) is 5.96. The maximum atomic E-state index is 11.8. The van der Waals surface area contributed by atoms with Gasteiger partial charge in [0.25, 0.3) is 5.52 Å². The fourth-order valence-corrected chi connectivity index (χ4v) is 7.41. The molecule has 126 valence electrons. The van der Waals surface area contributed by atoms with E-state index in [1.54, 1.807) is 7.05 Å². The molecule has 0 saturated heterocycles. The SMILES string of the molecule is C[N+](CCS)(C1CCCCCC1)C(P(=O)(O)O)P(=O)(O)O. The molecule has 1 fully saturated rings. The molecule has 10 heteroatoms. The third-order valence-corrected chi connectivity index (χ3v) is 8.63. The van der Waals surface area contributed by atoms with Crippen LogP contribution >= 0.6 is 27.8 Å². The predicted octanol–water partition coefficient (Wildman–Crippen LogP) is 1.72. The molecule has 0 aromatic heterocycles. The second kappa shape index (κ2) is 7.45. The van der Waals surface area contributed by atoms with E-state index in [0.29, 0.717) is 5.75 Å². The van der Waals surface area contributed by atoms with E-state index < -0.39 is 20.7 Å². The predicted molar refractivity (Wildman–Crippen MR) is 84.3 cm³/mol. The van der Waals surface area contributed by atoms with Crippen LogP contribution in [-0.2, 0) is 9.13 Å². The molecule has 0 spiro atoms. The summed E-state index contributed by atoms with van der Waals surface area (Å²) in [5.41, 5.74) is -2.00. The Morgan fingerprint density at radius 1 is 1.05 bits per heavy atom. The summed E-state index contributed by atoms with van der Waals surface area (Å²) in [5, 5.41) is 0. The van der Waals surface area contributed by atoms with Gasteiger partial charge in [0.05, 0.1) is 19.6 Å². The molecule has 0 amide bonds. The molecule has 1 saturated carbocycles. The van der Waals surface area contributed by atoms with E-state index in [0.717, 1.165) is 38.5 Å². The van der Waals surface area contributed by atoms with Gasteiger partial charge in [-0.15, -0.1) is 0 Å². The Bertz CT molecular complexity index is 408. The van der Waals surface area contributed by atoms with Crippen LogP contribution in [0.15, 0.2) is 0 Å². The van der Waals surface area contributed by atoms with E-state index in [2.05, 4.69) is 12.6 Å². The summed E-state index contributed by atoms with van der Waals surface area (Å²) in [7, 11) is -8.36. The molecule has 1 rings (SSSR count). The minimum atomic E-state index is -4.95. The third kappa shape index (κ3) is 5.05. The Morgan fingerprint density at radius 3 is 1.81 bits per heavy atom. The van der Waals surface area contributed by atoms with Gasteiger partial charge in [-0.2, -0.15) is 12.6 Å². The van der Waals surface area contributed by atoms with E-state index in [1.807, 2.05) is 0 Å². The molecule has 0 aromatic rings. The average molecular weight is 362 g/mol. The molecule has 1 aliphatic carbocycles. The maximum absolute atomic E-state index is 11.8. The first-order valence-corrected chi connectivity index (χ1v) is 11.1. The highest BCUT2D eigenvalue weighted by Gasteiger charge is 2.58. The van der Waals surface area contributed by atoms with Gasteiger partial charge in [0.2, 0.25) is 0 Å². The molecule has 1 atom stereocenters. The second-order valence-corrected chi connectivity index (χ2v) is 10.2. The third-order valence-electron chi connectivity index (χ3n) is 4.37. The number of thiol groups is 1. The summed E-state index contributed by atoms with van der Waals surface area (Å²) in [6.45, 7) is 0.217. The van der Waals surface area contributed by atoms with Crippen molar-refractivity contribution in [3.05, 3.63) is 0 Å². The summed E-state index contributed by atoms with van der Waals surface area (Å²) >= 11 is 4.12. The molecule has 0 aliphatic heterocycles. The summed E-state index contributed by atoms with van der Waals surface area (Å²) in [6.07, 6.45) is 5.38. The lowest BCUT2D eigenvalue weighted by molar-refractivity contribution is -0.932. The number of quaternary nitrogens is 1. The highest BCUT2D eigenvalue weighted by molar-refractivity contribution is 7.80. The zero-order valence-corrected chi connectivity index (χ0v) is 14.9. The van der Waals surface area contributed by atoms with E-state index >= 15 is 0 Å². The number of hydrogen-bond donors (Lipinski definition) is 5. The van der Waals surface area contributed by atoms with Gasteiger partial charge in [0.15, 0.2) is 0 Å². The van der Waals surface area contributed by atoms with Crippen molar-refractivity contribution in [1.82, 2.24) is 0 Å². The van der Waals surface area contributed by atoms with Gasteiger partial charge in [-0.3, -0.25) is 9.13 Å². The Kier molecular flexibility index (Phi) is 6.98. The zero-order chi connectivity index (χ0) is 16.3. The topological polar surface area (TPSA) is 115 Å². The highest BCUT2D eigenvalue weighted by atomic mass is 32.1. The first kappa shape index (κ1) is 19.7. The van der Waals surface area contributed by atoms with Gasteiger partial charge in [-0.25, -0.2) is 0 Å². The van der Waals surface area contributed by atoms with Crippen LogP contribution in [0.2, 0.25) is 0 Å². The van der Waals surface area contributed by atoms with E-state index in [9.17, 15) is 28.7 Å². The minimum absolute atomic E-state index is 0.162. The van der Waals surface area contributed by atoms with Crippen LogP contribution in [0.4, 0.5) is 0 Å². The minimum Gasteiger partial charge on any atom is -0.320 e. The van der Waals surface area contributed by atoms with Crippen LogP contribution in [0.1, 0.15) is 38.5 Å². The summed E-state index contributed by atoms with van der Waals surface area (Å²) in [4.78, 5) is 38.2. The van der Waals surface area contributed by atoms with E-state index in [1.165, 1.54) is 0 Å². The van der Waals surface area contributed by atoms with Crippen LogP contribution in [0.5, 0.6) is 0 Å². The van der Waals surface area contributed by atoms with Gasteiger partial charge >= 0.3 is 15.2 Å². The molecular formula is C11H26NO6P2S+. The number of rotatable bonds is 6. The van der Waals surface area contributed by atoms with Crippen LogP contribution in [0.3, 0.4) is 0 Å². The fourth-order valence-electron chi connectivity index (χ4n) is 3.43. The first-order valence-electron chi connectivity index (χ1n) is 7.09. The van der Waals surface area contributed by atoms with Gasteiger partial charge in [0, 0.05) is 5.75 Å². The van der Waals surface area contributed by atoms with E-state index in [4.69, 9.17) is 0 Å². The number of hydrogen-bond acceptors (Lipinski definition) is 3. The Hall–Kier alpha value is 0.610. The summed E-state index contributed by atoms with van der Waals surface area (Å²) < 4.78 is 23.3. The van der Waals surface area contributed by atoms with Crippen molar-refractivity contribution in [3.63, 3.8) is 0 Å². The zero-order valence-electron chi connectivity index (χ0n) is 12.2. The molecule has 0 radical (unpaired) electrons. The fraction of sp³-hybridized carbons (Fsp3) is 1.00. The Labute approximate surface area is 131 Å². The lowest BCUT2D eigenvalue weighted by atomic mass is 10.1. The highest BCUT2D eigenvalue weighted by Crippen LogP contribution is 2.64.